The van der Waals surface area contributed by atoms with Crippen LogP contribution in [0.1, 0.15) is 39.5 Å². The molecular formula is C18H31N5O8S. The van der Waals surface area contributed by atoms with E-state index < -0.39 is 72.1 Å². The van der Waals surface area contributed by atoms with E-state index >= 15 is 0 Å². The van der Waals surface area contributed by atoms with E-state index in [0.717, 1.165) is 0 Å². The standard InChI is InChI=1S/C18H31N5O8S/c1-8(2)14(17(29)22-11(18(30)31)3-5-12(20)24)23-16(28)10(4-6-13(25)26)21-15(27)9(19)7-32/h8-11,14,32H,3-7,19H2,1-2H3,(H2,20,24)(H,21,27)(H,22,29)(H,23,28)(H,25,26)(H,30,31). The summed E-state index contributed by atoms with van der Waals surface area (Å²) in [6.45, 7) is 3.18. The summed E-state index contributed by atoms with van der Waals surface area (Å²) in [5.41, 5.74) is 10.6. The molecule has 14 heteroatoms. The van der Waals surface area contributed by atoms with E-state index in [2.05, 4.69) is 28.6 Å². The van der Waals surface area contributed by atoms with Gasteiger partial charge in [0.25, 0.3) is 0 Å². The molecule has 4 unspecified atom stereocenters. The van der Waals surface area contributed by atoms with Crippen LogP contribution in [0.2, 0.25) is 0 Å². The maximum absolute atomic E-state index is 12.7. The molecule has 0 radical (unpaired) electrons. The fourth-order valence-electron chi connectivity index (χ4n) is 2.49. The topological polar surface area (TPSA) is 231 Å². The molecule has 0 saturated heterocycles. The summed E-state index contributed by atoms with van der Waals surface area (Å²) in [7, 11) is 0. The molecule has 0 spiro atoms. The van der Waals surface area contributed by atoms with Crippen molar-refractivity contribution in [3.63, 3.8) is 0 Å². The summed E-state index contributed by atoms with van der Waals surface area (Å²) in [6.07, 6.45) is -1.23. The van der Waals surface area contributed by atoms with Crippen LogP contribution in [-0.2, 0) is 28.8 Å². The molecule has 0 aromatic carbocycles. The molecule has 0 saturated carbocycles. The van der Waals surface area contributed by atoms with Crippen LogP contribution in [0.3, 0.4) is 0 Å². The van der Waals surface area contributed by atoms with E-state index in [1.165, 1.54) is 0 Å². The van der Waals surface area contributed by atoms with Crippen molar-refractivity contribution >= 4 is 48.2 Å². The molecule has 0 aliphatic heterocycles. The van der Waals surface area contributed by atoms with Crippen LogP contribution in [0.4, 0.5) is 0 Å². The molecule has 9 N–H and O–H groups in total. The average Bonchev–Trinajstić information content (AvgIpc) is 2.70. The minimum atomic E-state index is -1.41. The minimum absolute atomic E-state index is 0.0159. The summed E-state index contributed by atoms with van der Waals surface area (Å²) in [6, 6.07) is -4.96. The lowest BCUT2D eigenvalue weighted by Crippen LogP contribution is -2.58. The van der Waals surface area contributed by atoms with Gasteiger partial charge in [-0.15, -0.1) is 0 Å². The second kappa shape index (κ2) is 14.2. The number of hydrogen-bond donors (Lipinski definition) is 8. The number of amides is 4. The summed E-state index contributed by atoms with van der Waals surface area (Å²) < 4.78 is 0. The molecule has 0 heterocycles. The third-order valence-corrected chi connectivity index (χ3v) is 4.75. The number of nitrogens with one attached hydrogen (secondary N) is 3. The number of carboxylic acid groups (broad SMARTS) is 2. The lowest BCUT2D eigenvalue weighted by atomic mass is 10.0. The van der Waals surface area contributed by atoms with Crippen LogP contribution in [0.25, 0.3) is 0 Å². The van der Waals surface area contributed by atoms with Crippen molar-refractivity contribution in [1.82, 2.24) is 16.0 Å². The van der Waals surface area contributed by atoms with Crippen LogP contribution >= 0.6 is 12.6 Å². The predicted octanol–water partition coefficient (Wildman–Crippen LogP) is -2.43. The van der Waals surface area contributed by atoms with Crippen LogP contribution in [-0.4, -0.2) is 75.7 Å². The Labute approximate surface area is 190 Å². The summed E-state index contributed by atoms with van der Waals surface area (Å²) in [4.78, 5) is 70.6. The third-order valence-electron chi connectivity index (χ3n) is 4.35. The van der Waals surface area contributed by atoms with Gasteiger partial charge in [-0.3, -0.25) is 24.0 Å². The van der Waals surface area contributed by atoms with Gasteiger partial charge in [0.1, 0.15) is 18.1 Å². The molecule has 0 bridgehead atoms. The van der Waals surface area contributed by atoms with E-state index in [1.807, 2.05) is 0 Å². The molecule has 182 valence electrons. The summed E-state index contributed by atoms with van der Waals surface area (Å²) >= 11 is 3.89. The number of carboxylic acids is 2. The van der Waals surface area contributed by atoms with Gasteiger partial charge in [0.05, 0.1) is 6.04 Å². The summed E-state index contributed by atoms with van der Waals surface area (Å²) in [5, 5.41) is 25.1. The first-order valence-electron chi connectivity index (χ1n) is 9.80. The Morgan fingerprint density at radius 1 is 0.844 bits per heavy atom. The maximum Gasteiger partial charge on any atom is 0.326 e. The Hall–Kier alpha value is -2.87. The number of thiol groups is 1. The Morgan fingerprint density at radius 2 is 1.38 bits per heavy atom. The second-order valence-electron chi connectivity index (χ2n) is 7.42. The van der Waals surface area contributed by atoms with E-state index in [9.17, 15) is 33.9 Å². The molecule has 0 aromatic rings. The molecule has 4 atom stereocenters. The fourth-order valence-corrected chi connectivity index (χ4v) is 2.66. The largest absolute Gasteiger partial charge is 0.481 e. The van der Waals surface area contributed by atoms with Crippen molar-refractivity contribution in [1.29, 1.82) is 0 Å². The SMILES string of the molecule is CC(C)C(NC(=O)C(CCC(=O)O)NC(=O)C(N)CS)C(=O)NC(CCC(N)=O)C(=O)O. The highest BCUT2D eigenvalue weighted by molar-refractivity contribution is 7.80. The normalized spacial score (nSPS) is 14.5. The molecule has 0 aliphatic rings. The van der Waals surface area contributed by atoms with Crippen molar-refractivity contribution in [2.45, 2.75) is 63.7 Å². The van der Waals surface area contributed by atoms with Gasteiger partial charge in [-0.2, -0.15) is 12.6 Å². The van der Waals surface area contributed by atoms with Crippen LogP contribution in [0, 0.1) is 5.92 Å². The quantitative estimate of drug-likeness (QED) is 0.117. The molecule has 32 heavy (non-hydrogen) atoms. The second-order valence-corrected chi connectivity index (χ2v) is 7.78. The highest BCUT2D eigenvalue weighted by Crippen LogP contribution is 2.07. The zero-order chi connectivity index (χ0) is 25.0. The number of carbonyl (C=O) groups is 6. The van der Waals surface area contributed by atoms with Gasteiger partial charge in [0.15, 0.2) is 0 Å². The number of aliphatic carboxylic acids is 2. The first-order valence-corrected chi connectivity index (χ1v) is 10.4. The van der Waals surface area contributed by atoms with E-state index in [0.29, 0.717) is 0 Å². The Morgan fingerprint density at radius 3 is 1.81 bits per heavy atom. The Bertz CT molecular complexity index is 717. The molecule has 13 nitrogen and oxygen atoms in total. The van der Waals surface area contributed by atoms with Gasteiger partial charge in [0.2, 0.25) is 23.6 Å². The lowest BCUT2D eigenvalue weighted by Gasteiger charge is -2.27. The van der Waals surface area contributed by atoms with Crippen LogP contribution in [0.5, 0.6) is 0 Å². The van der Waals surface area contributed by atoms with Gasteiger partial charge in [0, 0.05) is 18.6 Å². The number of carbonyl (C=O) groups excluding carboxylic acids is 4. The lowest BCUT2D eigenvalue weighted by molar-refractivity contribution is -0.143. The zero-order valence-electron chi connectivity index (χ0n) is 17.9. The zero-order valence-corrected chi connectivity index (χ0v) is 18.8. The fraction of sp³-hybridized carbons (Fsp3) is 0.667. The van der Waals surface area contributed by atoms with Gasteiger partial charge >= 0.3 is 11.9 Å². The maximum atomic E-state index is 12.7. The highest BCUT2D eigenvalue weighted by Gasteiger charge is 2.32. The third kappa shape index (κ3) is 10.9. The van der Waals surface area contributed by atoms with Crippen molar-refractivity contribution in [2.75, 3.05) is 5.75 Å². The smallest absolute Gasteiger partial charge is 0.326 e. The van der Waals surface area contributed by atoms with Crippen LogP contribution in [0.15, 0.2) is 0 Å². The van der Waals surface area contributed by atoms with E-state index in [4.69, 9.17) is 16.6 Å². The average molecular weight is 478 g/mol. The molecular weight excluding hydrogens is 446 g/mol. The van der Waals surface area contributed by atoms with Gasteiger partial charge in [-0.05, 0) is 18.8 Å². The minimum Gasteiger partial charge on any atom is -0.481 e. The Balaban J connectivity index is 5.42. The Kier molecular flexibility index (Phi) is 13.0. The van der Waals surface area contributed by atoms with Gasteiger partial charge in [-0.1, -0.05) is 13.8 Å². The van der Waals surface area contributed by atoms with Gasteiger partial charge in [-0.25, -0.2) is 4.79 Å². The molecule has 4 amide bonds. The molecule has 0 fully saturated rings. The highest BCUT2D eigenvalue weighted by atomic mass is 32.1. The number of hydrogen-bond acceptors (Lipinski definition) is 8. The van der Waals surface area contributed by atoms with Crippen LogP contribution < -0.4 is 27.4 Å². The molecule has 0 rings (SSSR count). The monoisotopic (exact) mass is 477 g/mol. The predicted molar refractivity (Wildman–Crippen MR) is 115 cm³/mol. The van der Waals surface area contributed by atoms with Gasteiger partial charge < -0.3 is 37.6 Å². The number of rotatable bonds is 15. The number of nitrogens with two attached hydrogens (primary N) is 2. The van der Waals surface area contributed by atoms with Crippen molar-refractivity contribution in [2.24, 2.45) is 17.4 Å². The first kappa shape index (κ1) is 29.1. The van der Waals surface area contributed by atoms with Crippen molar-refractivity contribution < 1.29 is 39.0 Å². The molecule has 0 aliphatic carbocycles. The number of primary amides is 1. The van der Waals surface area contributed by atoms with E-state index in [-0.39, 0.29) is 25.0 Å². The first-order chi connectivity index (χ1) is 14.8. The summed E-state index contributed by atoms with van der Waals surface area (Å²) in [5.74, 6) is -6.25. The van der Waals surface area contributed by atoms with E-state index in [1.54, 1.807) is 13.8 Å². The van der Waals surface area contributed by atoms with Crippen molar-refractivity contribution in [3.05, 3.63) is 0 Å². The van der Waals surface area contributed by atoms with Crippen molar-refractivity contribution in [3.8, 4) is 0 Å². The molecule has 0 aromatic heterocycles.